The molecule has 1 aliphatic heterocycles. The number of fused-ring (bicyclic) bond motifs is 1. The number of ketones is 1. The summed E-state index contributed by atoms with van der Waals surface area (Å²) in [6.07, 6.45) is 0.622. The highest BCUT2D eigenvalue weighted by Crippen LogP contribution is 2.25. The van der Waals surface area contributed by atoms with Crippen LogP contribution in [0, 0.1) is 0 Å². The van der Waals surface area contributed by atoms with Gasteiger partial charge in [0.15, 0.2) is 17.7 Å². The number of hydrogen-bond acceptors (Lipinski definition) is 4. The average Bonchev–Trinajstić information content (AvgIpc) is 2.29. The molecule has 0 aromatic carbocycles. The van der Waals surface area contributed by atoms with Gasteiger partial charge in [-0.2, -0.15) is 0 Å². The molecule has 6 heteroatoms. The normalized spacial score (nSPS) is 23.0. The number of alkyl halides is 1. The molecule has 17 heavy (non-hydrogen) atoms. The molecule has 0 N–H and O–H groups in total. The topological polar surface area (TPSA) is 55.7 Å². The summed E-state index contributed by atoms with van der Waals surface area (Å²) in [7, 11) is 1.12. The number of halogens is 2. The van der Waals surface area contributed by atoms with Crippen molar-refractivity contribution in [2.75, 3.05) is 7.11 Å². The van der Waals surface area contributed by atoms with Gasteiger partial charge in [0.1, 0.15) is 5.83 Å². The van der Waals surface area contributed by atoms with Crippen LogP contribution in [0.15, 0.2) is 40.3 Å². The standard InChI is InChI=1S/C11H7F2NO3/c1-17-11(16)8-4-9(15)6-2-5(12)3-7(13)10(6)14-8/h2-4,7H,1H3. The fraction of sp³-hybridized carbons (Fsp3) is 0.182. The van der Waals surface area contributed by atoms with Crippen molar-refractivity contribution in [3.8, 4) is 0 Å². The van der Waals surface area contributed by atoms with Crippen LogP contribution >= 0.6 is 0 Å². The van der Waals surface area contributed by atoms with Crippen LogP contribution in [0.1, 0.15) is 0 Å². The van der Waals surface area contributed by atoms with E-state index >= 15 is 0 Å². The van der Waals surface area contributed by atoms with E-state index < -0.39 is 23.8 Å². The van der Waals surface area contributed by atoms with Crippen LogP contribution in [-0.2, 0) is 14.3 Å². The molecule has 1 heterocycles. The van der Waals surface area contributed by atoms with Gasteiger partial charge in [-0.3, -0.25) is 4.79 Å². The molecule has 1 aliphatic carbocycles. The number of nitrogens with zero attached hydrogens (tertiary/aromatic N) is 1. The van der Waals surface area contributed by atoms with Crippen molar-refractivity contribution in [2.24, 2.45) is 4.99 Å². The molecule has 1 atom stereocenters. The lowest BCUT2D eigenvalue weighted by atomic mass is 9.94. The van der Waals surface area contributed by atoms with Crippen LogP contribution in [0.25, 0.3) is 0 Å². The maximum absolute atomic E-state index is 13.5. The number of carbonyl (C=O) groups is 2. The summed E-state index contributed by atoms with van der Waals surface area (Å²) >= 11 is 0. The second-order valence-electron chi connectivity index (χ2n) is 3.39. The Balaban J connectivity index is 2.46. The molecule has 88 valence electrons. The third-order valence-electron chi connectivity index (χ3n) is 2.29. The van der Waals surface area contributed by atoms with Crippen LogP contribution in [0.3, 0.4) is 0 Å². The van der Waals surface area contributed by atoms with Gasteiger partial charge < -0.3 is 4.74 Å². The zero-order valence-corrected chi connectivity index (χ0v) is 8.74. The number of methoxy groups -OCH3 is 1. The molecule has 0 aromatic heterocycles. The van der Waals surface area contributed by atoms with Gasteiger partial charge in [-0.05, 0) is 12.2 Å². The third-order valence-corrected chi connectivity index (χ3v) is 2.29. The number of hydrogen-bond donors (Lipinski definition) is 0. The van der Waals surface area contributed by atoms with Crippen molar-refractivity contribution in [3.05, 3.63) is 35.3 Å². The summed E-state index contributed by atoms with van der Waals surface area (Å²) < 4.78 is 30.8. The van der Waals surface area contributed by atoms with Gasteiger partial charge in [0.2, 0.25) is 0 Å². The van der Waals surface area contributed by atoms with Crippen LogP contribution in [0.5, 0.6) is 0 Å². The first-order chi connectivity index (χ1) is 8.02. The van der Waals surface area contributed by atoms with Crippen molar-refractivity contribution < 1.29 is 23.1 Å². The predicted molar refractivity (Wildman–Crippen MR) is 54.7 cm³/mol. The Hall–Kier alpha value is -2.11. The number of allylic oxidation sites excluding steroid dienone is 5. The van der Waals surface area contributed by atoms with E-state index in [4.69, 9.17) is 0 Å². The molecule has 0 saturated carbocycles. The molecule has 0 spiro atoms. The number of esters is 1. The lowest BCUT2D eigenvalue weighted by molar-refractivity contribution is -0.136. The van der Waals surface area contributed by atoms with E-state index in [1.807, 2.05) is 0 Å². The van der Waals surface area contributed by atoms with Crippen LogP contribution in [0.4, 0.5) is 8.78 Å². The molecule has 0 aromatic rings. The minimum Gasteiger partial charge on any atom is -0.464 e. The van der Waals surface area contributed by atoms with E-state index in [0.29, 0.717) is 6.08 Å². The molecule has 0 bridgehead atoms. The fourth-order valence-electron chi connectivity index (χ4n) is 1.52. The highest BCUT2D eigenvalue weighted by atomic mass is 19.1. The molecule has 0 amide bonds. The van der Waals surface area contributed by atoms with Crippen LogP contribution < -0.4 is 0 Å². The quantitative estimate of drug-likeness (QED) is 0.646. The van der Waals surface area contributed by atoms with E-state index in [2.05, 4.69) is 9.73 Å². The molecular weight excluding hydrogens is 232 g/mol. The van der Waals surface area contributed by atoms with Gasteiger partial charge >= 0.3 is 5.97 Å². The van der Waals surface area contributed by atoms with Crippen molar-refractivity contribution >= 4 is 17.5 Å². The molecule has 1 unspecified atom stereocenters. The highest BCUT2D eigenvalue weighted by molar-refractivity contribution is 6.31. The van der Waals surface area contributed by atoms with Gasteiger partial charge in [0.05, 0.1) is 12.8 Å². The first-order valence-corrected chi connectivity index (χ1v) is 4.69. The van der Waals surface area contributed by atoms with Gasteiger partial charge in [-0.15, -0.1) is 0 Å². The molecule has 0 saturated heterocycles. The average molecular weight is 239 g/mol. The largest absolute Gasteiger partial charge is 0.464 e. The number of aliphatic imine (C=N–C) groups is 1. The minimum absolute atomic E-state index is 0.176. The summed E-state index contributed by atoms with van der Waals surface area (Å²) in [5, 5.41) is 0. The second-order valence-corrected chi connectivity index (χ2v) is 3.39. The third kappa shape index (κ3) is 1.93. The molecule has 0 radical (unpaired) electrons. The molecular formula is C11H7F2NO3. The Bertz CT molecular complexity index is 529. The zero-order valence-electron chi connectivity index (χ0n) is 8.74. The molecule has 2 rings (SSSR count). The van der Waals surface area contributed by atoms with Gasteiger partial charge in [-0.1, -0.05) is 0 Å². The SMILES string of the molecule is COC(=O)C1=CC(=O)C2=CC(F)=CC(F)C2=N1. The van der Waals surface area contributed by atoms with Crippen molar-refractivity contribution in [2.45, 2.75) is 6.17 Å². The second kappa shape index (κ2) is 4.04. The summed E-state index contributed by atoms with van der Waals surface area (Å²) in [4.78, 5) is 26.4. The molecule has 2 aliphatic rings. The summed E-state index contributed by atoms with van der Waals surface area (Å²) in [5.74, 6) is -2.34. The van der Waals surface area contributed by atoms with Crippen molar-refractivity contribution in [1.82, 2.24) is 0 Å². The Kier molecular flexibility index (Phi) is 2.71. The van der Waals surface area contributed by atoms with Gasteiger partial charge in [-0.25, -0.2) is 18.6 Å². The first kappa shape index (κ1) is 11.4. The summed E-state index contributed by atoms with van der Waals surface area (Å²) in [6, 6.07) is 0. The van der Waals surface area contributed by atoms with E-state index in [0.717, 1.165) is 19.3 Å². The number of carbonyl (C=O) groups excluding carboxylic acids is 2. The maximum atomic E-state index is 13.5. The highest BCUT2D eigenvalue weighted by Gasteiger charge is 2.31. The monoisotopic (exact) mass is 239 g/mol. The predicted octanol–water partition coefficient (Wildman–Crippen LogP) is 1.20. The maximum Gasteiger partial charge on any atom is 0.356 e. The Labute approximate surface area is 95.0 Å². The number of ether oxygens (including phenoxy) is 1. The van der Waals surface area contributed by atoms with Crippen molar-refractivity contribution in [1.29, 1.82) is 0 Å². The van der Waals surface area contributed by atoms with Crippen molar-refractivity contribution in [3.63, 3.8) is 0 Å². The van der Waals surface area contributed by atoms with E-state index in [1.165, 1.54) is 0 Å². The van der Waals surface area contributed by atoms with E-state index in [1.54, 1.807) is 0 Å². The number of rotatable bonds is 1. The first-order valence-electron chi connectivity index (χ1n) is 4.69. The molecule has 0 fully saturated rings. The van der Waals surface area contributed by atoms with Gasteiger partial charge in [0, 0.05) is 11.6 Å². The fourth-order valence-corrected chi connectivity index (χ4v) is 1.52. The zero-order chi connectivity index (χ0) is 12.6. The lowest BCUT2D eigenvalue weighted by Crippen LogP contribution is -2.28. The smallest absolute Gasteiger partial charge is 0.356 e. The minimum atomic E-state index is -1.84. The Morgan fingerprint density at radius 1 is 1.47 bits per heavy atom. The summed E-state index contributed by atoms with van der Waals surface area (Å²) in [6.45, 7) is 0. The lowest BCUT2D eigenvalue weighted by Gasteiger charge is -2.18. The van der Waals surface area contributed by atoms with E-state index in [-0.39, 0.29) is 17.0 Å². The van der Waals surface area contributed by atoms with Crippen LogP contribution in [0.2, 0.25) is 0 Å². The summed E-state index contributed by atoms with van der Waals surface area (Å²) in [5.41, 5.74) is -0.729. The van der Waals surface area contributed by atoms with E-state index in [9.17, 15) is 18.4 Å². The van der Waals surface area contributed by atoms with Gasteiger partial charge in [0.25, 0.3) is 0 Å². The molecule has 4 nitrogen and oxygen atoms in total. The Morgan fingerprint density at radius 3 is 2.82 bits per heavy atom. The Morgan fingerprint density at radius 2 is 2.18 bits per heavy atom. The van der Waals surface area contributed by atoms with Crippen LogP contribution in [-0.4, -0.2) is 30.7 Å².